The normalized spacial score (nSPS) is 15.0. The Morgan fingerprint density at radius 3 is 2.63 bits per heavy atom. The van der Waals surface area contributed by atoms with Gasteiger partial charge in [-0.1, -0.05) is 36.4 Å². The van der Waals surface area contributed by atoms with E-state index in [0.717, 1.165) is 60.3 Å². The number of H-pyrrole nitrogens is 1. The van der Waals surface area contributed by atoms with Crippen molar-refractivity contribution in [2.75, 3.05) is 13.1 Å². The second kappa shape index (κ2) is 8.14. The van der Waals surface area contributed by atoms with Crippen LogP contribution in [0.3, 0.4) is 0 Å². The Kier molecular flexibility index (Phi) is 5.05. The van der Waals surface area contributed by atoms with Gasteiger partial charge in [0.2, 0.25) is 5.91 Å². The fraction of sp³-hybridized carbons (Fsp3) is 0.292. The highest BCUT2D eigenvalue weighted by Crippen LogP contribution is 2.24. The summed E-state index contributed by atoms with van der Waals surface area (Å²) in [6.45, 7) is 1.62. The first-order valence-electron chi connectivity index (χ1n) is 10.5. The van der Waals surface area contributed by atoms with Crippen LogP contribution in [0.25, 0.3) is 16.6 Å². The Balaban J connectivity index is 1.19. The maximum absolute atomic E-state index is 12.9. The lowest BCUT2D eigenvalue weighted by atomic mass is 9.93. The number of piperidine rings is 1. The van der Waals surface area contributed by atoms with Crippen LogP contribution in [0.1, 0.15) is 24.2 Å². The molecular weight excluding hydrogens is 374 g/mol. The third-order valence-electron chi connectivity index (χ3n) is 6.11. The molecule has 0 radical (unpaired) electrons. The van der Waals surface area contributed by atoms with Gasteiger partial charge in [-0.05, 0) is 42.5 Å². The maximum Gasteiger partial charge on any atom is 0.227 e. The average molecular weight is 399 g/mol. The second-order valence-electron chi connectivity index (χ2n) is 8.02. The van der Waals surface area contributed by atoms with Crippen LogP contribution in [-0.2, 0) is 17.6 Å². The van der Waals surface area contributed by atoms with Gasteiger partial charge in [0.25, 0.3) is 0 Å². The molecule has 1 amide bonds. The second-order valence-corrected chi connectivity index (χ2v) is 8.02. The van der Waals surface area contributed by atoms with E-state index >= 15 is 0 Å². The summed E-state index contributed by atoms with van der Waals surface area (Å²) in [7, 11) is 0. The molecule has 0 spiro atoms. The molecule has 1 fully saturated rings. The van der Waals surface area contributed by atoms with Crippen LogP contribution < -0.4 is 0 Å². The minimum atomic E-state index is 0.214. The Hall–Kier alpha value is -3.41. The lowest BCUT2D eigenvalue weighted by Crippen LogP contribution is -2.39. The van der Waals surface area contributed by atoms with Gasteiger partial charge in [0.1, 0.15) is 12.2 Å². The van der Waals surface area contributed by atoms with Crippen LogP contribution in [0.5, 0.6) is 0 Å². The Bertz CT molecular complexity index is 1140. The number of hydrogen-bond donors (Lipinski definition) is 1. The fourth-order valence-electron chi connectivity index (χ4n) is 4.40. The number of nitrogens with one attached hydrogen (secondary N) is 1. The molecule has 2 aromatic heterocycles. The van der Waals surface area contributed by atoms with Gasteiger partial charge in [-0.3, -0.25) is 9.36 Å². The molecule has 5 rings (SSSR count). The SMILES string of the molecule is O=C(Cc1c[nH]c2ccccc12)N1CCC(Cc2nncn2-c2ccccc2)CC1. The summed E-state index contributed by atoms with van der Waals surface area (Å²) in [6.07, 6.45) is 7.09. The molecule has 152 valence electrons. The smallest absolute Gasteiger partial charge is 0.227 e. The number of aromatic nitrogens is 4. The predicted molar refractivity (Wildman–Crippen MR) is 116 cm³/mol. The molecule has 4 aromatic rings. The van der Waals surface area contributed by atoms with Gasteiger partial charge < -0.3 is 9.88 Å². The number of carbonyl (C=O) groups is 1. The zero-order valence-electron chi connectivity index (χ0n) is 16.9. The number of amides is 1. The lowest BCUT2D eigenvalue weighted by molar-refractivity contribution is -0.131. The van der Waals surface area contributed by atoms with E-state index in [2.05, 4.69) is 37.9 Å². The molecule has 0 aliphatic carbocycles. The highest BCUT2D eigenvalue weighted by atomic mass is 16.2. The topological polar surface area (TPSA) is 66.8 Å². The molecular formula is C24H25N5O. The molecule has 2 aromatic carbocycles. The zero-order valence-corrected chi connectivity index (χ0v) is 16.9. The van der Waals surface area contributed by atoms with E-state index in [9.17, 15) is 4.79 Å². The van der Waals surface area contributed by atoms with Gasteiger partial charge in [-0.15, -0.1) is 10.2 Å². The molecule has 1 aliphatic heterocycles. The molecule has 0 saturated carbocycles. The van der Waals surface area contributed by atoms with E-state index in [-0.39, 0.29) is 5.91 Å². The van der Waals surface area contributed by atoms with Crippen molar-refractivity contribution in [1.82, 2.24) is 24.6 Å². The van der Waals surface area contributed by atoms with E-state index < -0.39 is 0 Å². The van der Waals surface area contributed by atoms with Gasteiger partial charge in [0.05, 0.1) is 6.42 Å². The summed E-state index contributed by atoms with van der Waals surface area (Å²) in [5, 5.41) is 9.61. The first-order valence-corrected chi connectivity index (χ1v) is 10.5. The van der Waals surface area contributed by atoms with Gasteiger partial charge in [-0.2, -0.15) is 0 Å². The average Bonchev–Trinajstić information content (AvgIpc) is 3.42. The van der Waals surface area contributed by atoms with Crippen LogP contribution in [0, 0.1) is 5.92 Å². The van der Waals surface area contributed by atoms with Crippen molar-refractivity contribution in [2.45, 2.75) is 25.7 Å². The molecule has 1 aliphatic rings. The first-order chi connectivity index (χ1) is 14.8. The van der Waals surface area contributed by atoms with Crippen molar-refractivity contribution in [1.29, 1.82) is 0 Å². The summed E-state index contributed by atoms with van der Waals surface area (Å²) in [4.78, 5) is 18.1. The standard InChI is InChI=1S/C24H25N5O/c30-24(15-19-16-25-22-9-5-4-8-21(19)22)28-12-10-18(11-13-28)14-23-27-26-17-29(23)20-6-2-1-3-7-20/h1-9,16-18,25H,10-15H2. The van der Waals surface area contributed by atoms with Crippen molar-refractivity contribution in [3.05, 3.63) is 78.5 Å². The predicted octanol–water partition coefficient (Wildman–Crippen LogP) is 3.77. The number of para-hydroxylation sites is 2. The summed E-state index contributed by atoms with van der Waals surface area (Å²) in [5.41, 5.74) is 3.25. The van der Waals surface area contributed by atoms with Gasteiger partial charge >= 0.3 is 0 Å². The molecule has 0 unspecified atom stereocenters. The molecule has 3 heterocycles. The number of rotatable bonds is 5. The van der Waals surface area contributed by atoms with Crippen molar-refractivity contribution in [2.24, 2.45) is 5.92 Å². The lowest BCUT2D eigenvalue weighted by Gasteiger charge is -2.32. The van der Waals surface area contributed by atoms with Crippen LogP contribution in [0.15, 0.2) is 67.1 Å². The number of hydrogen-bond acceptors (Lipinski definition) is 3. The fourth-order valence-corrected chi connectivity index (χ4v) is 4.40. The van der Waals surface area contributed by atoms with E-state index in [0.29, 0.717) is 12.3 Å². The molecule has 1 saturated heterocycles. The van der Waals surface area contributed by atoms with Crippen LogP contribution in [0.2, 0.25) is 0 Å². The molecule has 0 atom stereocenters. The van der Waals surface area contributed by atoms with Gasteiger partial charge in [0, 0.05) is 42.3 Å². The Morgan fingerprint density at radius 1 is 1.03 bits per heavy atom. The number of benzene rings is 2. The Labute approximate surface area is 175 Å². The largest absolute Gasteiger partial charge is 0.361 e. The van der Waals surface area contributed by atoms with Gasteiger partial charge in [0.15, 0.2) is 0 Å². The number of fused-ring (bicyclic) bond motifs is 1. The zero-order chi connectivity index (χ0) is 20.3. The van der Waals surface area contributed by atoms with E-state index in [1.165, 1.54) is 0 Å². The van der Waals surface area contributed by atoms with Crippen molar-refractivity contribution >= 4 is 16.8 Å². The highest BCUT2D eigenvalue weighted by Gasteiger charge is 2.25. The molecule has 6 nitrogen and oxygen atoms in total. The molecule has 0 bridgehead atoms. The molecule has 30 heavy (non-hydrogen) atoms. The number of aromatic amines is 1. The molecule has 6 heteroatoms. The summed E-state index contributed by atoms with van der Waals surface area (Å²) >= 11 is 0. The third kappa shape index (κ3) is 3.73. The van der Waals surface area contributed by atoms with E-state index in [1.807, 2.05) is 47.5 Å². The number of likely N-dealkylation sites (tertiary alicyclic amines) is 1. The number of nitrogens with zero attached hydrogens (tertiary/aromatic N) is 4. The minimum absolute atomic E-state index is 0.214. The monoisotopic (exact) mass is 399 g/mol. The highest BCUT2D eigenvalue weighted by molar-refractivity contribution is 5.88. The summed E-state index contributed by atoms with van der Waals surface area (Å²) in [6, 6.07) is 18.3. The quantitative estimate of drug-likeness (QED) is 0.555. The minimum Gasteiger partial charge on any atom is -0.361 e. The van der Waals surface area contributed by atoms with Crippen molar-refractivity contribution < 1.29 is 4.79 Å². The van der Waals surface area contributed by atoms with E-state index in [4.69, 9.17) is 0 Å². The third-order valence-corrected chi connectivity index (χ3v) is 6.11. The first kappa shape index (κ1) is 18.6. The summed E-state index contributed by atoms with van der Waals surface area (Å²) in [5.74, 6) is 1.73. The van der Waals surface area contributed by atoms with Crippen LogP contribution in [-0.4, -0.2) is 43.6 Å². The van der Waals surface area contributed by atoms with Crippen molar-refractivity contribution in [3.63, 3.8) is 0 Å². The van der Waals surface area contributed by atoms with E-state index in [1.54, 1.807) is 6.33 Å². The summed E-state index contributed by atoms with van der Waals surface area (Å²) < 4.78 is 2.06. The van der Waals surface area contributed by atoms with Gasteiger partial charge in [-0.25, -0.2) is 0 Å². The maximum atomic E-state index is 12.9. The van der Waals surface area contributed by atoms with Crippen LogP contribution >= 0.6 is 0 Å². The number of carbonyl (C=O) groups excluding carboxylic acids is 1. The van der Waals surface area contributed by atoms with Crippen molar-refractivity contribution in [3.8, 4) is 5.69 Å². The van der Waals surface area contributed by atoms with Crippen LogP contribution in [0.4, 0.5) is 0 Å². The Morgan fingerprint density at radius 2 is 1.80 bits per heavy atom. The molecule has 1 N–H and O–H groups in total.